The SMILES string of the molecule is CCN(Cc1ccc(N)cc1)C(C)C(=O)NCCCOC. The Kier molecular flexibility index (Phi) is 7.79. The molecule has 0 spiro atoms. The van der Waals surface area contributed by atoms with Crippen molar-refractivity contribution in [2.24, 2.45) is 0 Å². The number of hydrogen-bond donors (Lipinski definition) is 2. The summed E-state index contributed by atoms with van der Waals surface area (Å²) in [5.41, 5.74) is 7.60. The average Bonchev–Trinajstić information content (AvgIpc) is 2.50. The lowest BCUT2D eigenvalue weighted by Crippen LogP contribution is -2.45. The van der Waals surface area contributed by atoms with Gasteiger partial charge in [-0.05, 0) is 37.6 Å². The number of nitrogens with one attached hydrogen (secondary N) is 1. The second-order valence-corrected chi connectivity index (χ2v) is 5.12. The first-order valence-corrected chi connectivity index (χ1v) is 7.43. The molecule has 1 unspecified atom stereocenters. The van der Waals surface area contributed by atoms with Gasteiger partial charge in [-0.3, -0.25) is 9.69 Å². The number of benzene rings is 1. The van der Waals surface area contributed by atoms with Crippen LogP contribution in [0.1, 0.15) is 25.8 Å². The average molecular weight is 293 g/mol. The van der Waals surface area contributed by atoms with Crippen LogP contribution >= 0.6 is 0 Å². The van der Waals surface area contributed by atoms with Crippen LogP contribution in [-0.2, 0) is 16.1 Å². The molecule has 0 aliphatic rings. The molecule has 1 aromatic rings. The van der Waals surface area contributed by atoms with E-state index in [1.165, 1.54) is 0 Å². The molecule has 0 fully saturated rings. The molecule has 0 bridgehead atoms. The predicted molar refractivity (Wildman–Crippen MR) is 85.9 cm³/mol. The van der Waals surface area contributed by atoms with Gasteiger partial charge in [-0.15, -0.1) is 0 Å². The lowest BCUT2D eigenvalue weighted by atomic mass is 10.1. The van der Waals surface area contributed by atoms with E-state index in [1.54, 1.807) is 7.11 Å². The van der Waals surface area contributed by atoms with Crippen LogP contribution in [0.4, 0.5) is 5.69 Å². The highest BCUT2D eigenvalue weighted by molar-refractivity contribution is 5.81. The van der Waals surface area contributed by atoms with Crippen LogP contribution in [0.3, 0.4) is 0 Å². The van der Waals surface area contributed by atoms with Crippen LogP contribution in [0.25, 0.3) is 0 Å². The van der Waals surface area contributed by atoms with Gasteiger partial charge in [0.05, 0.1) is 6.04 Å². The van der Waals surface area contributed by atoms with E-state index >= 15 is 0 Å². The zero-order valence-corrected chi connectivity index (χ0v) is 13.3. The Balaban J connectivity index is 2.49. The normalized spacial score (nSPS) is 12.4. The Bertz CT molecular complexity index is 420. The van der Waals surface area contributed by atoms with Crippen molar-refractivity contribution in [1.82, 2.24) is 10.2 Å². The fourth-order valence-corrected chi connectivity index (χ4v) is 2.12. The van der Waals surface area contributed by atoms with Crippen LogP contribution < -0.4 is 11.1 Å². The molecular weight excluding hydrogens is 266 g/mol. The minimum absolute atomic E-state index is 0.0587. The van der Waals surface area contributed by atoms with Gasteiger partial charge in [-0.2, -0.15) is 0 Å². The first-order valence-electron chi connectivity index (χ1n) is 7.43. The Labute approximate surface area is 127 Å². The highest BCUT2D eigenvalue weighted by atomic mass is 16.5. The third kappa shape index (κ3) is 6.14. The van der Waals surface area contributed by atoms with Crippen molar-refractivity contribution < 1.29 is 9.53 Å². The molecule has 1 atom stereocenters. The summed E-state index contributed by atoms with van der Waals surface area (Å²) in [6.45, 7) is 6.87. The smallest absolute Gasteiger partial charge is 0.237 e. The molecule has 0 saturated carbocycles. The van der Waals surface area contributed by atoms with Gasteiger partial charge in [0.2, 0.25) is 5.91 Å². The number of carbonyl (C=O) groups is 1. The highest BCUT2D eigenvalue weighted by Gasteiger charge is 2.19. The maximum Gasteiger partial charge on any atom is 0.237 e. The molecule has 0 aromatic heterocycles. The number of nitrogens with two attached hydrogens (primary N) is 1. The third-order valence-corrected chi connectivity index (χ3v) is 3.52. The molecule has 1 rings (SSSR count). The molecule has 0 aliphatic heterocycles. The summed E-state index contributed by atoms with van der Waals surface area (Å²) < 4.78 is 4.97. The van der Waals surface area contributed by atoms with Crippen molar-refractivity contribution in [3.8, 4) is 0 Å². The maximum atomic E-state index is 12.1. The van der Waals surface area contributed by atoms with Crippen molar-refractivity contribution in [2.75, 3.05) is 32.5 Å². The minimum atomic E-state index is -0.157. The summed E-state index contributed by atoms with van der Waals surface area (Å²) in [6.07, 6.45) is 0.832. The summed E-state index contributed by atoms with van der Waals surface area (Å²) in [5.74, 6) is 0.0587. The van der Waals surface area contributed by atoms with E-state index in [0.717, 1.165) is 30.8 Å². The Morgan fingerprint density at radius 2 is 2.05 bits per heavy atom. The van der Waals surface area contributed by atoms with Crippen LogP contribution in [0.2, 0.25) is 0 Å². The molecular formula is C16H27N3O2. The van der Waals surface area contributed by atoms with E-state index in [4.69, 9.17) is 10.5 Å². The molecule has 1 amide bonds. The second kappa shape index (κ2) is 9.37. The quantitative estimate of drug-likeness (QED) is 0.536. The molecule has 21 heavy (non-hydrogen) atoms. The highest BCUT2D eigenvalue weighted by Crippen LogP contribution is 2.11. The molecule has 5 heteroatoms. The lowest BCUT2D eigenvalue weighted by Gasteiger charge is -2.27. The fraction of sp³-hybridized carbons (Fsp3) is 0.562. The fourth-order valence-electron chi connectivity index (χ4n) is 2.12. The Morgan fingerprint density at radius 1 is 1.38 bits per heavy atom. The van der Waals surface area contributed by atoms with Crippen LogP contribution in [0.15, 0.2) is 24.3 Å². The largest absolute Gasteiger partial charge is 0.399 e. The summed E-state index contributed by atoms with van der Waals surface area (Å²) >= 11 is 0. The molecule has 0 heterocycles. The molecule has 5 nitrogen and oxygen atoms in total. The molecule has 0 aliphatic carbocycles. The number of nitrogen functional groups attached to an aromatic ring is 1. The Morgan fingerprint density at radius 3 is 2.62 bits per heavy atom. The first kappa shape index (κ1) is 17.5. The standard InChI is InChI=1S/C16H27N3O2/c1-4-19(12-14-6-8-15(17)9-7-14)13(2)16(20)18-10-5-11-21-3/h6-9,13H,4-5,10-12,17H2,1-3H3,(H,18,20). The van der Waals surface area contributed by atoms with Crippen LogP contribution in [0.5, 0.6) is 0 Å². The number of hydrogen-bond acceptors (Lipinski definition) is 4. The van der Waals surface area contributed by atoms with Gasteiger partial charge >= 0.3 is 0 Å². The maximum absolute atomic E-state index is 12.1. The van der Waals surface area contributed by atoms with Gasteiger partial charge in [-0.1, -0.05) is 19.1 Å². The summed E-state index contributed by atoms with van der Waals surface area (Å²) in [4.78, 5) is 14.3. The second-order valence-electron chi connectivity index (χ2n) is 5.12. The van der Waals surface area contributed by atoms with Crippen molar-refractivity contribution >= 4 is 11.6 Å². The third-order valence-electron chi connectivity index (χ3n) is 3.52. The predicted octanol–water partition coefficient (Wildman–Crippen LogP) is 1.63. The number of methoxy groups -OCH3 is 1. The minimum Gasteiger partial charge on any atom is -0.399 e. The van der Waals surface area contributed by atoms with E-state index in [2.05, 4.69) is 17.1 Å². The summed E-state index contributed by atoms with van der Waals surface area (Å²) in [7, 11) is 1.66. The Hall–Kier alpha value is -1.59. The number of likely N-dealkylation sites (N-methyl/N-ethyl adjacent to an activating group) is 1. The van der Waals surface area contributed by atoms with Gasteiger partial charge in [0, 0.05) is 32.5 Å². The molecule has 118 valence electrons. The lowest BCUT2D eigenvalue weighted by molar-refractivity contribution is -0.126. The van der Waals surface area contributed by atoms with Crippen molar-refractivity contribution in [2.45, 2.75) is 32.9 Å². The summed E-state index contributed by atoms with van der Waals surface area (Å²) in [6, 6.07) is 7.62. The number of anilines is 1. The number of carbonyl (C=O) groups excluding carboxylic acids is 1. The molecule has 0 radical (unpaired) electrons. The number of nitrogens with zero attached hydrogens (tertiary/aromatic N) is 1. The van der Waals surface area contributed by atoms with E-state index in [1.807, 2.05) is 31.2 Å². The van der Waals surface area contributed by atoms with Crippen LogP contribution in [-0.4, -0.2) is 43.7 Å². The van der Waals surface area contributed by atoms with Crippen molar-refractivity contribution in [3.63, 3.8) is 0 Å². The molecule has 3 N–H and O–H groups in total. The van der Waals surface area contributed by atoms with E-state index in [9.17, 15) is 4.79 Å². The number of amides is 1. The van der Waals surface area contributed by atoms with Gasteiger partial charge in [0.25, 0.3) is 0 Å². The first-order chi connectivity index (χ1) is 10.1. The molecule has 0 saturated heterocycles. The van der Waals surface area contributed by atoms with E-state index < -0.39 is 0 Å². The van der Waals surface area contributed by atoms with Gasteiger partial charge in [0.15, 0.2) is 0 Å². The van der Waals surface area contributed by atoms with Crippen LogP contribution in [0, 0.1) is 0 Å². The summed E-state index contributed by atoms with van der Waals surface area (Å²) in [5, 5.41) is 2.95. The van der Waals surface area contributed by atoms with E-state index in [0.29, 0.717) is 13.2 Å². The van der Waals surface area contributed by atoms with Gasteiger partial charge in [-0.25, -0.2) is 0 Å². The zero-order chi connectivity index (χ0) is 15.7. The number of ether oxygens (including phenoxy) is 1. The van der Waals surface area contributed by atoms with Gasteiger partial charge in [0.1, 0.15) is 0 Å². The van der Waals surface area contributed by atoms with Crippen molar-refractivity contribution in [3.05, 3.63) is 29.8 Å². The number of rotatable bonds is 9. The van der Waals surface area contributed by atoms with Crippen molar-refractivity contribution in [1.29, 1.82) is 0 Å². The monoisotopic (exact) mass is 293 g/mol. The van der Waals surface area contributed by atoms with E-state index in [-0.39, 0.29) is 11.9 Å². The van der Waals surface area contributed by atoms with Gasteiger partial charge < -0.3 is 15.8 Å². The topological polar surface area (TPSA) is 67.6 Å². The zero-order valence-electron chi connectivity index (χ0n) is 13.3. The molecule has 1 aromatic carbocycles.